The number of hydrogen-bond donors (Lipinski definition) is 0. The predicted molar refractivity (Wildman–Crippen MR) is 101 cm³/mol. The molecule has 0 aliphatic carbocycles. The molecule has 2 amide bonds. The number of piperidine rings is 1. The lowest BCUT2D eigenvalue weighted by molar-refractivity contribution is -0.166. The minimum Gasteiger partial charge on any atom is -0.458 e. The second kappa shape index (κ2) is 7.89. The van der Waals surface area contributed by atoms with Crippen molar-refractivity contribution in [3.63, 3.8) is 0 Å². The number of hydrogen-bond acceptors (Lipinski definition) is 5. The highest BCUT2D eigenvalue weighted by Crippen LogP contribution is 2.35. The minimum atomic E-state index is -1.18. The fourth-order valence-electron chi connectivity index (χ4n) is 3.10. The molecule has 2 rings (SSSR count). The van der Waals surface area contributed by atoms with Crippen LogP contribution in [0.4, 0.5) is 9.18 Å². The molecule has 0 spiro atoms. The zero-order valence-electron chi connectivity index (χ0n) is 17.2. The number of halogens is 1. The largest absolute Gasteiger partial charge is 0.458 e. The third-order valence-electron chi connectivity index (χ3n) is 4.12. The Bertz CT molecular complexity index is 763. The van der Waals surface area contributed by atoms with Gasteiger partial charge in [0.2, 0.25) is 5.91 Å². The normalized spacial score (nSPS) is 20.7. The summed E-state index contributed by atoms with van der Waals surface area (Å²) < 4.78 is 25.0. The van der Waals surface area contributed by atoms with Crippen LogP contribution in [0.3, 0.4) is 0 Å². The molecule has 1 saturated heterocycles. The molecule has 0 bridgehead atoms. The molecular formula is C21H28FNO5. The van der Waals surface area contributed by atoms with E-state index in [1.54, 1.807) is 59.7 Å². The van der Waals surface area contributed by atoms with E-state index in [0.717, 1.165) is 4.90 Å². The van der Waals surface area contributed by atoms with Crippen molar-refractivity contribution in [2.45, 2.75) is 77.5 Å². The topological polar surface area (TPSA) is 72.9 Å². The van der Waals surface area contributed by atoms with Gasteiger partial charge in [0, 0.05) is 6.42 Å². The number of benzene rings is 1. The maximum Gasteiger partial charge on any atom is 0.417 e. The molecule has 0 aromatic heterocycles. The van der Waals surface area contributed by atoms with Gasteiger partial charge in [-0.25, -0.2) is 18.9 Å². The summed E-state index contributed by atoms with van der Waals surface area (Å²) >= 11 is 0. The van der Waals surface area contributed by atoms with Crippen molar-refractivity contribution in [2.24, 2.45) is 0 Å². The average molecular weight is 393 g/mol. The van der Waals surface area contributed by atoms with Crippen LogP contribution in [0.5, 0.6) is 0 Å². The fourth-order valence-corrected chi connectivity index (χ4v) is 3.10. The van der Waals surface area contributed by atoms with Crippen molar-refractivity contribution < 1.29 is 28.2 Å². The SMILES string of the molecule is CC(C)(C)OC(=O)[C@H]1C[C@H](c2ccccc2F)CC(=O)N1C(=O)OC(C)(C)C. The Morgan fingerprint density at radius 3 is 2.14 bits per heavy atom. The molecule has 154 valence electrons. The highest BCUT2D eigenvalue weighted by atomic mass is 19.1. The fraction of sp³-hybridized carbons (Fsp3) is 0.571. The van der Waals surface area contributed by atoms with Gasteiger partial charge < -0.3 is 9.47 Å². The molecule has 1 aliphatic heterocycles. The van der Waals surface area contributed by atoms with Crippen LogP contribution in [0.15, 0.2) is 24.3 Å². The van der Waals surface area contributed by atoms with Gasteiger partial charge in [0.1, 0.15) is 23.1 Å². The summed E-state index contributed by atoms with van der Waals surface area (Å²) in [6.07, 6.45) is -0.930. The lowest BCUT2D eigenvalue weighted by Crippen LogP contribution is -2.55. The van der Waals surface area contributed by atoms with Crippen molar-refractivity contribution in [2.75, 3.05) is 0 Å². The number of carbonyl (C=O) groups is 3. The van der Waals surface area contributed by atoms with Gasteiger partial charge in [0.05, 0.1) is 0 Å². The smallest absolute Gasteiger partial charge is 0.417 e. The molecule has 0 unspecified atom stereocenters. The molecule has 0 saturated carbocycles. The molecule has 0 radical (unpaired) electrons. The zero-order chi connectivity index (χ0) is 21.3. The van der Waals surface area contributed by atoms with E-state index in [1.807, 2.05) is 0 Å². The summed E-state index contributed by atoms with van der Waals surface area (Å²) in [5, 5.41) is 0. The van der Waals surface area contributed by atoms with Gasteiger partial charge in [-0.05, 0) is 65.5 Å². The van der Waals surface area contributed by atoms with E-state index in [1.165, 1.54) is 6.07 Å². The summed E-state index contributed by atoms with van der Waals surface area (Å²) in [6, 6.07) is 4.94. The Kier molecular flexibility index (Phi) is 6.16. The van der Waals surface area contributed by atoms with Gasteiger partial charge in [-0.15, -0.1) is 0 Å². The van der Waals surface area contributed by atoms with Crippen molar-refractivity contribution in [1.29, 1.82) is 0 Å². The zero-order valence-corrected chi connectivity index (χ0v) is 17.2. The molecule has 1 aromatic rings. The molecular weight excluding hydrogens is 365 g/mol. The van der Waals surface area contributed by atoms with Crippen LogP contribution in [0, 0.1) is 5.82 Å². The van der Waals surface area contributed by atoms with E-state index in [4.69, 9.17) is 9.47 Å². The Labute approximate surface area is 165 Å². The van der Waals surface area contributed by atoms with Gasteiger partial charge in [0.15, 0.2) is 0 Å². The van der Waals surface area contributed by atoms with Gasteiger partial charge in [-0.1, -0.05) is 18.2 Å². The lowest BCUT2D eigenvalue weighted by Gasteiger charge is -2.38. The van der Waals surface area contributed by atoms with Crippen LogP contribution in [-0.4, -0.2) is 40.1 Å². The third kappa shape index (κ3) is 5.53. The summed E-state index contributed by atoms with van der Waals surface area (Å²) in [5.41, 5.74) is -1.30. The Hall–Kier alpha value is -2.44. The molecule has 7 heteroatoms. The molecule has 2 atom stereocenters. The standard InChI is InChI=1S/C21H28FNO5/c1-20(2,3)27-18(25)16-11-13(14-9-7-8-10-15(14)22)12-17(24)23(16)19(26)28-21(4,5)6/h7-10,13,16H,11-12H2,1-6H3/t13-,16+/m0/s1. The number of nitrogens with zero attached hydrogens (tertiary/aromatic N) is 1. The molecule has 1 heterocycles. The first-order valence-corrected chi connectivity index (χ1v) is 9.31. The van der Waals surface area contributed by atoms with Crippen LogP contribution >= 0.6 is 0 Å². The molecule has 6 nitrogen and oxygen atoms in total. The monoisotopic (exact) mass is 393 g/mol. The Morgan fingerprint density at radius 2 is 1.61 bits per heavy atom. The van der Waals surface area contributed by atoms with Gasteiger partial charge >= 0.3 is 12.1 Å². The molecule has 0 N–H and O–H groups in total. The summed E-state index contributed by atoms with van der Waals surface area (Å²) in [6.45, 7) is 10.1. The van der Waals surface area contributed by atoms with Crippen molar-refractivity contribution >= 4 is 18.0 Å². The van der Waals surface area contributed by atoms with Crippen molar-refractivity contribution in [1.82, 2.24) is 4.90 Å². The van der Waals surface area contributed by atoms with Crippen LogP contribution < -0.4 is 0 Å². The molecule has 1 aromatic carbocycles. The molecule has 1 fully saturated rings. The highest BCUT2D eigenvalue weighted by Gasteiger charge is 2.45. The first-order valence-electron chi connectivity index (χ1n) is 9.31. The number of amides is 2. The van der Waals surface area contributed by atoms with E-state index >= 15 is 0 Å². The van der Waals surface area contributed by atoms with Crippen LogP contribution in [0.25, 0.3) is 0 Å². The minimum absolute atomic E-state index is 0.0703. The first-order chi connectivity index (χ1) is 12.8. The maximum absolute atomic E-state index is 14.2. The van der Waals surface area contributed by atoms with E-state index in [-0.39, 0.29) is 12.8 Å². The van der Waals surface area contributed by atoms with Crippen LogP contribution in [0.2, 0.25) is 0 Å². The summed E-state index contributed by atoms with van der Waals surface area (Å²) in [5.74, 6) is -2.30. The summed E-state index contributed by atoms with van der Waals surface area (Å²) in [4.78, 5) is 39.0. The van der Waals surface area contributed by atoms with Gasteiger partial charge in [-0.2, -0.15) is 0 Å². The quantitative estimate of drug-likeness (QED) is 0.705. The Balaban J connectivity index is 2.37. The highest BCUT2D eigenvalue weighted by molar-refractivity contribution is 5.98. The molecule has 28 heavy (non-hydrogen) atoms. The van der Waals surface area contributed by atoms with E-state index in [0.29, 0.717) is 5.56 Å². The first kappa shape index (κ1) is 21.9. The van der Waals surface area contributed by atoms with Gasteiger partial charge in [-0.3, -0.25) is 4.79 Å². The summed E-state index contributed by atoms with van der Waals surface area (Å²) in [7, 11) is 0. The number of carbonyl (C=O) groups excluding carboxylic acids is 3. The molecule has 1 aliphatic rings. The van der Waals surface area contributed by atoms with Crippen molar-refractivity contribution in [3.05, 3.63) is 35.6 Å². The number of esters is 1. The number of ether oxygens (including phenoxy) is 2. The second-order valence-electron chi connectivity index (χ2n) is 8.95. The average Bonchev–Trinajstić information content (AvgIpc) is 2.51. The van der Waals surface area contributed by atoms with Crippen LogP contribution in [-0.2, 0) is 19.1 Å². The van der Waals surface area contributed by atoms with Crippen LogP contribution in [0.1, 0.15) is 65.9 Å². The van der Waals surface area contributed by atoms with Crippen molar-refractivity contribution in [3.8, 4) is 0 Å². The number of imide groups is 1. The number of rotatable bonds is 2. The predicted octanol–water partition coefficient (Wildman–Crippen LogP) is 4.18. The van der Waals surface area contributed by atoms with Gasteiger partial charge in [0.25, 0.3) is 0 Å². The second-order valence-corrected chi connectivity index (χ2v) is 8.95. The lowest BCUT2D eigenvalue weighted by atomic mass is 9.84. The van der Waals surface area contributed by atoms with E-state index in [9.17, 15) is 18.8 Å². The Morgan fingerprint density at radius 1 is 1.04 bits per heavy atom. The third-order valence-corrected chi connectivity index (χ3v) is 4.12. The van der Waals surface area contributed by atoms with E-state index in [2.05, 4.69) is 0 Å². The van der Waals surface area contributed by atoms with E-state index < -0.39 is 46.9 Å². The maximum atomic E-state index is 14.2. The number of likely N-dealkylation sites (tertiary alicyclic amines) is 1.